The summed E-state index contributed by atoms with van der Waals surface area (Å²) in [4.78, 5) is 26.8. The lowest BCUT2D eigenvalue weighted by atomic mass is 10.1. The number of hydrogen-bond acceptors (Lipinski definition) is 2. The highest BCUT2D eigenvalue weighted by atomic mass is 35.5. The van der Waals surface area contributed by atoms with Crippen LogP contribution in [-0.2, 0) is 0 Å². The SMILES string of the molecule is Cc1ccc(C(=O)N(CCNC(=O)Nc2ccc(Cl)cc2Cl)c2ccc(F)cc2)cc1. The number of aryl methyl sites for hydroxylation is 1. The molecule has 160 valence electrons. The van der Waals surface area contributed by atoms with Crippen molar-refractivity contribution in [3.8, 4) is 0 Å². The average Bonchev–Trinajstić information content (AvgIpc) is 2.74. The quantitative estimate of drug-likeness (QED) is 0.481. The van der Waals surface area contributed by atoms with Crippen molar-refractivity contribution in [1.29, 1.82) is 0 Å². The Morgan fingerprint density at radius 1 is 0.968 bits per heavy atom. The third-order valence-corrected chi connectivity index (χ3v) is 5.03. The molecule has 5 nitrogen and oxygen atoms in total. The molecule has 0 saturated carbocycles. The van der Waals surface area contributed by atoms with Gasteiger partial charge in [0.2, 0.25) is 0 Å². The minimum absolute atomic E-state index is 0.159. The van der Waals surface area contributed by atoms with E-state index in [0.717, 1.165) is 5.56 Å². The smallest absolute Gasteiger partial charge is 0.319 e. The summed E-state index contributed by atoms with van der Waals surface area (Å²) in [6.07, 6.45) is 0. The van der Waals surface area contributed by atoms with Gasteiger partial charge in [-0.3, -0.25) is 4.79 Å². The van der Waals surface area contributed by atoms with Gasteiger partial charge in [-0.1, -0.05) is 40.9 Å². The molecule has 0 aliphatic rings. The first kappa shape index (κ1) is 22.6. The van der Waals surface area contributed by atoms with Crippen molar-refractivity contribution in [3.05, 3.63) is 93.7 Å². The van der Waals surface area contributed by atoms with Gasteiger partial charge < -0.3 is 15.5 Å². The largest absolute Gasteiger partial charge is 0.336 e. The van der Waals surface area contributed by atoms with Crippen LogP contribution in [0.4, 0.5) is 20.6 Å². The van der Waals surface area contributed by atoms with E-state index >= 15 is 0 Å². The summed E-state index contributed by atoms with van der Waals surface area (Å²) in [5, 5.41) is 6.09. The first-order valence-electron chi connectivity index (χ1n) is 9.47. The zero-order chi connectivity index (χ0) is 22.4. The van der Waals surface area contributed by atoms with Crippen LogP contribution in [0.3, 0.4) is 0 Å². The fourth-order valence-electron chi connectivity index (χ4n) is 2.86. The fourth-order valence-corrected chi connectivity index (χ4v) is 3.32. The number of urea groups is 1. The van der Waals surface area contributed by atoms with Crippen LogP contribution in [0.25, 0.3) is 0 Å². The fraction of sp³-hybridized carbons (Fsp3) is 0.130. The lowest BCUT2D eigenvalue weighted by Gasteiger charge is -2.23. The Balaban J connectivity index is 1.68. The summed E-state index contributed by atoms with van der Waals surface area (Å²) in [6, 6.07) is 17.0. The van der Waals surface area contributed by atoms with Crippen molar-refractivity contribution in [2.75, 3.05) is 23.3 Å². The summed E-state index contributed by atoms with van der Waals surface area (Å²) >= 11 is 11.9. The first-order valence-corrected chi connectivity index (χ1v) is 10.2. The second-order valence-electron chi connectivity index (χ2n) is 6.80. The van der Waals surface area contributed by atoms with Crippen molar-refractivity contribution in [1.82, 2.24) is 5.32 Å². The van der Waals surface area contributed by atoms with Gasteiger partial charge in [0.05, 0.1) is 10.7 Å². The molecule has 8 heteroatoms. The normalized spacial score (nSPS) is 10.5. The number of carbonyl (C=O) groups is 2. The topological polar surface area (TPSA) is 61.4 Å². The Kier molecular flexibility index (Phi) is 7.50. The molecule has 0 heterocycles. The number of halogens is 3. The highest BCUT2D eigenvalue weighted by molar-refractivity contribution is 6.36. The summed E-state index contributed by atoms with van der Waals surface area (Å²) in [5.74, 6) is -0.654. The monoisotopic (exact) mass is 459 g/mol. The number of anilines is 2. The van der Waals surface area contributed by atoms with Gasteiger partial charge in [0.1, 0.15) is 5.82 Å². The molecule has 0 bridgehead atoms. The predicted molar refractivity (Wildman–Crippen MR) is 123 cm³/mol. The molecule has 3 aromatic rings. The molecule has 3 amide bonds. The summed E-state index contributed by atoms with van der Waals surface area (Å²) in [6.45, 7) is 2.27. The summed E-state index contributed by atoms with van der Waals surface area (Å²) in [7, 11) is 0. The molecule has 0 fully saturated rings. The van der Waals surface area contributed by atoms with Crippen molar-refractivity contribution >= 4 is 46.5 Å². The highest BCUT2D eigenvalue weighted by Gasteiger charge is 2.18. The van der Waals surface area contributed by atoms with Crippen molar-refractivity contribution in [2.24, 2.45) is 0 Å². The number of rotatable bonds is 6. The molecule has 3 aromatic carbocycles. The van der Waals surface area contributed by atoms with Crippen LogP contribution in [-0.4, -0.2) is 25.0 Å². The molecule has 31 heavy (non-hydrogen) atoms. The molecule has 0 spiro atoms. The van der Waals surface area contributed by atoms with Gasteiger partial charge >= 0.3 is 6.03 Å². The number of amides is 3. The lowest BCUT2D eigenvalue weighted by Crippen LogP contribution is -2.40. The van der Waals surface area contributed by atoms with Crippen LogP contribution in [0.15, 0.2) is 66.7 Å². The third kappa shape index (κ3) is 6.20. The molecule has 0 unspecified atom stereocenters. The zero-order valence-electron chi connectivity index (χ0n) is 16.7. The maximum absolute atomic E-state index is 13.4. The van der Waals surface area contributed by atoms with Crippen LogP contribution in [0.1, 0.15) is 15.9 Å². The van der Waals surface area contributed by atoms with E-state index < -0.39 is 11.8 Å². The van der Waals surface area contributed by atoms with E-state index in [-0.39, 0.29) is 19.0 Å². The number of carbonyl (C=O) groups excluding carboxylic acids is 2. The summed E-state index contributed by atoms with van der Waals surface area (Å²) in [5.41, 5.74) is 2.46. The Bertz CT molecular complexity index is 1070. The highest BCUT2D eigenvalue weighted by Crippen LogP contribution is 2.25. The Labute approximate surface area is 189 Å². The second kappa shape index (κ2) is 10.3. The van der Waals surface area contributed by atoms with Gasteiger partial charge in [-0.25, -0.2) is 9.18 Å². The minimum atomic E-state index is -0.480. The number of benzene rings is 3. The first-order chi connectivity index (χ1) is 14.8. The van der Waals surface area contributed by atoms with Crippen LogP contribution >= 0.6 is 23.2 Å². The van der Waals surface area contributed by atoms with E-state index in [1.807, 2.05) is 19.1 Å². The van der Waals surface area contributed by atoms with Crippen LogP contribution in [0.5, 0.6) is 0 Å². The molecule has 3 rings (SSSR count). The van der Waals surface area contributed by atoms with Crippen LogP contribution in [0.2, 0.25) is 10.0 Å². The van der Waals surface area contributed by atoms with Gasteiger partial charge in [0.25, 0.3) is 5.91 Å². The Morgan fingerprint density at radius 2 is 1.65 bits per heavy atom. The molecular formula is C23H20Cl2FN3O2. The lowest BCUT2D eigenvalue weighted by molar-refractivity contribution is 0.0987. The number of nitrogens with one attached hydrogen (secondary N) is 2. The van der Waals surface area contributed by atoms with Gasteiger partial charge in [0, 0.05) is 29.4 Å². The van der Waals surface area contributed by atoms with Gasteiger partial charge in [-0.05, 0) is 61.5 Å². The van der Waals surface area contributed by atoms with Crippen molar-refractivity contribution < 1.29 is 14.0 Å². The van der Waals surface area contributed by atoms with E-state index in [2.05, 4.69) is 10.6 Å². The van der Waals surface area contributed by atoms with Crippen molar-refractivity contribution in [3.63, 3.8) is 0 Å². The van der Waals surface area contributed by atoms with E-state index in [4.69, 9.17) is 23.2 Å². The minimum Gasteiger partial charge on any atom is -0.336 e. The van der Waals surface area contributed by atoms with Gasteiger partial charge in [-0.2, -0.15) is 0 Å². The molecule has 0 saturated heterocycles. The van der Waals surface area contributed by atoms with Crippen LogP contribution < -0.4 is 15.5 Å². The molecule has 0 aliphatic carbocycles. The maximum Gasteiger partial charge on any atom is 0.319 e. The van der Waals surface area contributed by atoms with E-state index in [0.29, 0.717) is 27.0 Å². The number of hydrogen-bond donors (Lipinski definition) is 2. The molecule has 0 atom stereocenters. The average molecular weight is 460 g/mol. The maximum atomic E-state index is 13.4. The van der Waals surface area contributed by atoms with E-state index in [9.17, 15) is 14.0 Å². The second-order valence-corrected chi connectivity index (χ2v) is 7.65. The van der Waals surface area contributed by atoms with Crippen molar-refractivity contribution in [2.45, 2.75) is 6.92 Å². The molecule has 0 aliphatic heterocycles. The van der Waals surface area contributed by atoms with Gasteiger partial charge in [0.15, 0.2) is 0 Å². The molecule has 2 N–H and O–H groups in total. The predicted octanol–water partition coefficient (Wildman–Crippen LogP) is 5.91. The molecular weight excluding hydrogens is 440 g/mol. The summed E-state index contributed by atoms with van der Waals surface area (Å²) < 4.78 is 13.4. The van der Waals surface area contributed by atoms with E-state index in [1.54, 1.807) is 24.3 Å². The third-order valence-electron chi connectivity index (χ3n) is 4.48. The standard InChI is InChI=1S/C23H20Cl2FN3O2/c1-15-2-4-16(5-3-15)22(30)29(19-9-7-18(26)8-10-19)13-12-27-23(31)28-21-11-6-17(24)14-20(21)25/h2-11,14H,12-13H2,1H3,(H2,27,28,31). The Hall–Kier alpha value is -3.09. The molecule has 0 radical (unpaired) electrons. The van der Waals surface area contributed by atoms with Gasteiger partial charge in [-0.15, -0.1) is 0 Å². The van der Waals surface area contributed by atoms with Crippen LogP contribution in [0, 0.1) is 12.7 Å². The Morgan fingerprint density at radius 3 is 2.29 bits per heavy atom. The zero-order valence-corrected chi connectivity index (χ0v) is 18.2. The number of nitrogens with zero attached hydrogens (tertiary/aromatic N) is 1. The molecule has 0 aromatic heterocycles. The van der Waals surface area contributed by atoms with E-state index in [1.165, 1.54) is 35.2 Å².